The number of likely N-dealkylation sites (N-methyl/N-ethyl adjacent to an activating group) is 1. The number of hydrogen-bond donors (Lipinski definition) is 1. The van der Waals surface area contributed by atoms with Crippen molar-refractivity contribution >= 4 is 17.5 Å². The van der Waals surface area contributed by atoms with Crippen LogP contribution in [0.5, 0.6) is 11.5 Å². The van der Waals surface area contributed by atoms with Crippen molar-refractivity contribution < 1.29 is 14.3 Å². The van der Waals surface area contributed by atoms with E-state index in [4.69, 9.17) is 21.1 Å². The molecular weight excluding hydrogens is 378 g/mol. The van der Waals surface area contributed by atoms with E-state index < -0.39 is 0 Å². The van der Waals surface area contributed by atoms with Crippen molar-refractivity contribution in [3.8, 4) is 11.5 Å². The summed E-state index contributed by atoms with van der Waals surface area (Å²) in [4.78, 5) is 17.3. The van der Waals surface area contributed by atoms with Crippen LogP contribution in [0.25, 0.3) is 0 Å². The fourth-order valence-electron chi connectivity index (χ4n) is 3.60. The minimum Gasteiger partial charge on any atom is -0.454 e. The molecular formula is C21H24ClN3O3. The molecule has 1 N–H and O–H groups in total. The van der Waals surface area contributed by atoms with Gasteiger partial charge < -0.3 is 19.7 Å². The zero-order chi connectivity index (χ0) is 19.5. The van der Waals surface area contributed by atoms with E-state index in [-0.39, 0.29) is 18.7 Å². The summed E-state index contributed by atoms with van der Waals surface area (Å²) in [6.07, 6.45) is 0. The van der Waals surface area contributed by atoms with E-state index in [9.17, 15) is 4.79 Å². The molecule has 0 aromatic heterocycles. The number of carbonyl (C=O) groups excluding carboxylic acids is 1. The summed E-state index contributed by atoms with van der Waals surface area (Å²) in [6.45, 7) is 4.69. The molecule has 1 fully saturated rings. The predicted octanol–water partition coefficient (Wildman–Crippen LogP) is 2.79. The summed E-state index contributed by atoms with van der Waals surface area (Å²) < 4.78 is 11.0. The van der Waals surface area contributed by atoms with Gasteiger partial charge in [0.15, 0.2) is 11.5 Å². The van der Waals surface area contributed by atoms with Crippen LogP contribution in [0.2, 0.25) is 5.02 Å². The Morgan fingerprint density at radius 3 is 2.54 bits per heavy atom. The molecule has 148 valence electrons. The summed E-state index contributed by atoms with van der Waals surface area (Å²) in [5.41, 5.74) is 1.72. The Morgan fingerprint density at radius 2 is 1.79 bits per heavy atom. The summed E-state index contributed by atoms with van der Waals surface area (Å²) in [6, 6.07) is 13.0. The lowest BCUT2D eigenvalue weighted by molar-refractivity contribution is 0.0886. The number of ether oxygens (including phenoxy) is 2. The molecule has 0 spiro atoms. The smallest absolute Gasteiger partial charge is 0.251 e. The zero-order valence-corrected chi connectivity index (χ0v) is 16.6. The molecule has 2 aromatic rings. The SMILES string of the molecule is CN1CCN(C(CNC(=O)c2ccc(Cl)cc2)c2ccc3c(c2)OCO3)CC1. The van der Waals surface area contributed by atoms with Crippen LogP contribution in [0, 0.1) is 0 Å². The molecule has 2 aliphatic heterocycles. The topological polar surface area (TPSA) is 54.0 Å². The molecule has 2 aromatic carbocycles. The van der Waals surface area contributed by atoms with Crippen molar-refractivity contribution in [3.05, 3.63) is 58.6 Å². The van der Waals surface area contributed by atoms with Crippen LogP contribution in [0.4, 0.5) is 0 Å². The second-order valence-corrected chi connectivity index (χ2v) is 7.62. The first-order valence-corrected chi connectivity index (χ1v) is 9.84. The molecule has 1 amide bonds. The molecule has 1 atom stereocenters. The van der Waals surface area contributed by atoms with Crippen molar-refractivity contribution in [1.29, 1.82) is 0 Å². The number of rotatable bonds is 5. The summed E-state index contributed by atoms with van der Waals surface area (Å²) in [5, 5.41) is 3.70. The average Bonchev–Trinajstić information content (AvgIpc) is 3.18. The van der Waals surface area contributed by atoms with E-state index >= 15 is 0 Å². The molecule has 4 rings (SSSR count). The number of nitrogens with one attached hydrogen (secondary N) is 1. The number of piperazine rings is 1. The summed E-state index contributed by atoms with van der Waals surface area (Å²) in [7, 11) is 2.13. The van der Waals surface area contributed by atoms with Gasteiger partial charge >= 0.3 is 0 Å². The Labute approximate surface area is 170 Å². The number of hydrogen-bond acceptors (Lipinski definition) is 5. The van der Waals surface area contributed by atoms with Crippen LogP contribution in [0.1, 0.15) is 22.0 Å². The van der Waals surface area contributed by atoms with Gasteiger partial charge in [-0.1, -0.05) is 17.7 Å². The van der Waals surface area contributed by atoms with Crippen molar-refractivity contribution in [1.82, 2.24) is 15.1 Å². The maximum absolute atomic E-state index is 12.6. The minimum absolute atomic E-state index is 0.0689. The second-order valence-electron chi connectivity index (χ2n) is 7.18. The van der Waals surface area contributed by atoms with Crippen LogP contribution in [0.15, 0.2) is 42.5 Å². The fourth-order valence-corrected chi connectivity index (χ4v) is 3.73. The second kappa shape index (κ2) is 8.39. The maximum Gasteiger partial charge on any atom is 0.251 e. The normalized spacial score (nSPS) is 18.1. The van der Waals surface area contributed by atoms with E-state index in [0.29, 0.717) is 17.1 Å². The van der Waals surface area contributed by atoms with Gasteiger partial charge in [-0.15, -0.1) is 0 Å². The molecule has 1 unspecified atom stereocenters. The van der Waals surface area contributed by atoms with Gasteiger partial charge in [0.05, 0.1) is 6.04 Å². The van der Waals surface area contributed by atoms with Crippen LogP contribution >= 0.6 is 11.6 Å². The highest BCUT2D eigenvalue weighted by atomic mass is 35.5. The molecule has 0 radical (unpaired) electrons. The highest BCUT2D eigenvalue weighted by Crippen LogP contribution is 2.35. The Kier molecular flexibility index (Phi) is 5.71. The van der Waals surface area contributed by atoms with Crippen molar-refractivity contribution in [3.63, 3.8) is 0 Å². The maximum atomic E-state index is 12.6. The molecule has 2 heterocycles. The third-order valence-corrected chi connectivity index (χ3v) is 5.57. The van der Waals surface area contributed by atoms with Crippen LogP contribution in [0.3, 0.4) is 0 Å². The van der Waals surface area contributed by atoms with Gasteiger partial charge in [-0.2, -0.15) is 0 Å². The van der Waals surface area contributed by atoms with Gasteiger partial charge in [-0.05, 0) is 49.0 Å². The predicted molar refractivity (Wildman–Crippen MR) is 108 cm³/mol. The van der Waals surface area contributed by atoms with Gasteiger partial charge in [-0.3, -0.25) is 9.69 Å². The number of carbonyl (C=O) groups is 1. The van der Waals surface area contributed by atoms with Gasteiger partial charge in [-0.25, -0.2) is 0 Å². The van der Waals surface area contributed by atoms with Crippen LogP contribution < -0.4 is 14.8 Å². The molecule has 28 heavy (non-hydrogen) atoms. The van der Waals surface area contributed by atoms with Gasteiger partial charge in [0.25, 0.3) is 5.91 Å². The number of halogens is 1. The lowest BCUT2D eigenvalue weighted by Crippen LogP contribution is -2.48. The van der Waals surface area contributed by atoms with Crippen molar-refractivity contribution in [2.75, 3.05) is 46.6 Å². The van der Waals surface area contributed by atoms with E-state index in [1.807, 2.05) is 12.1 Å². The monoisotopic (exact) mass is 401 g/mol. The number of amides is 1. The van der Waals surface area contributed by atoms with Gasteiger partial charge in [0, 0.05) is 43.3 Å². The standard InChI is InChI=1S/C21H24ClN3O3/c1-24-8-10-25(11-9-24)18(16-4-7-19-20(12-16)28-14-27-19)13-23-21(26)15-2-5-17(22)6-3-15/h2-7,12,18H,8-11,13-14H2,1H3,(H,23,26). The summed E-state index contributed by atoms with van der Waals surface area (Å²) in [5.74, 6) is 1.43. The largest absolute Gasteiger partial charge is 0.454 e. The van der Waals surface area contributed by atoms with Crippen molar-refractivity contribution in [2.45, 2.75) is 6.04 Å². The van der Waals surface area contributed by atoms with Crippen molar-refractivity contribution in [2.24, 2.45) is 0 Å². The summed E-state index contributed by atoms with van der Waals surface area (Å²) >= 11 is 5.92. The molecule has 0 saturated carbocycles. The van der Waals surface area contributed by atoms with E-state index in [0.717, 1.165) is 43.2 Å². The van der Waals surface area contributed by atoms with Gasteiger partial charge in [0.2, 0.25) is 6.79 Å². The van der Waals surface area contributed by atoms with E-state index in [1.165, 1.54) is 0 Å². The Hall–Kier alpha value is -2.28. The molecule has 0 aliphatic carbocycles. The number of nitrogens with zero attached hydrogens (tertiary/aromatic N) is 2. The first-order chi connectivity index (χ1) is 13.6. The lowest BCUT2D eigenvalue weighted by Gasteiger charge is -2.38. The van der Waals surface area contributed by atoms with Gasteiger partial charge in [0.1, 0.15) is 0 Å². The van der Waals surface area contributed by atoms with Crippen LogP contribution in [-0.4, -0.2) is 62.3 Å². The molecule has 2 aliphatic rings. The molecule has 1 saturated heterocycles. The Balaban J connectivity index is 1.51. The highest BCUT2D eigenvalue weighted by molar-refractivity contribution is 6.30. The quantitative estimate of drug-likeness (QED) is 0.835. The molecule has 6 nitrogen and oxygen atoms in total. The third kappa shape index (κ3) is 4.24. The highest BCUT2D eigenvalue weighted by Gasteiger charge is 2.26. The number of fused-ring (bicyclic) bond motifs is 1. The lowest BCUT2D eigenvalue weighted by atomic mass is 10.0. The van der Waals surface area contributed by atoms with E-state index in [1.54, 1.807) is 24.3 Å². The third-order valence-electron chi connectivity index (χ3n) is 5.32. The molecule has 7 heteroatoms. The zero-order valence-electron chi connectivity index (χ0n) is 15.9. The van der Waals surface area contributed by atoms with E-state index in [2.05, 4.69) is 28.2 Å². The Bertz CT molecular complexity index is 835. The molecule has 0 bridgehead atoms. The number of benzene rings is 2. The van der Waals surface area contributed by atoms with Crippen LogP contribution in [-0.2, 0) is 0 Å². The fraction of sp³-hybridized carbons (Fsp3) is 0.381. The minimum atomic E-state index is -0.100. The Morgan fingerprint density at radius 1 is 1.07 bits per heavy atom. The first-order valence-electron chi connectivity index (χ1n) is 9.46. The average molecular weight is 402 g/mol. The first kappa shape index (κ1) is 19.1.